The fourth-order valence-corrected chi connectivity index (χ4v) is 1.78. The predicted molar refractivity (Wildman–Crippen MR) is 57.2 cm³/mol. The van der Waals surface area contributed by atoms with Crippen LogP contribution < -0.4 is 9.47 Å². The molecule has 0 aromatic heterocycles. The topological polar surface area (TPSA) is 35.5 Å². The molecule has 1 aliphatic rings. The number of ketones is 1. The highest BCUT2D eigenvalue weighted by Crippen LogP contribution is 2.37. The standard InChI is InChI=1S/C10H8Cl2O3/c11-2-1-8(13)6-3-9-10(4-7(6)12)15-5-14-9/h3-4H,1-2,5H2. The Morgan fingerprint density at radius 1 is 1.33 bits per heavy atom. The molecule has 2 rings (SSSR count). The Kier molecular flexibility index (Phi) is 3.03. The lowest BCUT2D eigenvalue weighted by atomic mass is 10.1. The number of ether oxygens (including phenoxy) is 2. The minimum absolute atomic E-state index is 0.0895. The lowest BCUT2D eigenvalue weighted by molar-refractivity contribution is 0.0989. The van der Waals surface area contributed by atoms with Gasteiger partial charge < -0.3 is 9.47 Å². The first-order chi connectivity index (χ1) is 7.22. The first-order valence-corrected chi connectivity index (χ1v) is 5.32. The van der Waals surface area contributed by atoms with Gasteiger partial charge >= 0.3 is 0 Å². The molecule has 0 saturated heterocycles. The van der Waals surface area contributed by atoms with E-state index in [-0.39, 0.29) is 24.9 Å². The van der Waals surface area contributed by atoms with E-state index in [1.165, 1.54) is 0 Å². The van der Waals surface area contributed by atoms with Crippen LogP contribution in [0.2, 0.25) is 5.02 Å². The van der Waals surface area contributed by atoms with Crippen LogP contribution in [0.15, 0.2) is 12.1 Å². The Hall–Kier alpha value is -0.930. The van der Waals surface area contributed by atoms with Crippen LogP contribution in [0.1, 0.15) is 16.8 Å². The molecule has 1 aromatic carbocycles. The van der Waals surface area contributed by atoms with E-state index in [2.05, 4.69) is 0 Å². The number of carbonyl (C=O) groups is 1. The number of rotatable bonds is 3. The van der Waals surface area contributed by atoms with Gasteiger partial charge in [0.2, 0.25) is 6.79 Å². The van der Waals surface area contributed by atoms with E-state index in [1.807, 2.05) is 0 Å². The van der Waals surface area contributed by atoms with Crippen molar-refractivity contribution in [1.29, 1.82) is 0 Å². The Morgan fingerprint density at radius 2 is 2.00 bits per heavy atom. The largest absolute Gasteiger partial charge is 0.454 e. The summed E-state index contributed by atoms with van der Waals surface area (Å²) in [4.78, 5) is 11.6. The molecule has 0 aliphatic carbocycles. The van der Waals surface area contributed by atoms with Gasteiger partial charge in [0.1, 0.15) is 0 Å². The van der Waals surface area contributed by atoms with Crippen LogP contribution in [-0.2, 0) is 0 Å². The van der Waals surface area contributed by atoms with Gasteiger partial charge in [0.05, 0.1) is 5.02 Å². The van der Waals surface area contributed by atoms with Gasteiger partial charge in [-0.05, 0) is 6.07 Å². The van der Waals surface area contributed by atoms with Crippen molar-refractivity contribution in [3.05, 3.63) is 22.7 Å². The van der Waals surface area contributed by atoms with E-state index in [0.717, 1.165) is 0 Å². The van der Waals surface area contributed by atoms with E-state index in [9.17, 15) is 4.79 Å². The molecular formula is C10H8Cl2O3. The number of benzene rings is 1. The maximum absolute atomic E-state index is 11.6. The maximum Gasteiger partial charge on any atom is 0.231 e. The third-order valence-corrected chi connectivity index (χ3v) is 2.59. The molecule has 0 atom stereocenters. The molecule has 0 bridgehead atoms. The average Bonchev–Trinajstić information content (AvgIpc) is 2.63. The fourth-order valence-electron chi connectivity index (χ4n) is 1.35. The first kappa shape index (κ1) is 10.6. The first-order valence-electron chi connectivity index (χ1n) is 4.40. The van der Waals surface area contributed by atoms with Crippen molar-refractivity contribution >= 4 is 29.0 Å². The highest BCUT2D eigenvalue weighted by molar-refractivity contribution is 6.34. The van der Waals surface area contributed by atoms with Crippen LogP contribution >= 0.6 is 23.2 Å². The second-order valence-electron chi connectivity index (χ2n) is 3.05. The van der Waals surface area contributed by atoms with Crippen LogP contribution in [0.25, 0.3) is 0 Å². The molecule has 0 saturated carbocycles. The number of halogens is 2. The summed E-state index contributed by atoms with van der Waals surface area (Å²) in [6.45, 7) is 0.165. The molecule has 15 heavy (non-hydrogen) atoms. The van der Waals surface area contributed by atoms with Gasteiger partial charge in [-0.3, -0.25) is 4.79 Å². The van der Waals surface area contributed by atoms with Gasteiger partial charge in [0.25, 0.3) is 0 Å². The monoisotopic (exact) mass is 246 g/mol. The minimum Gasteiger partial charge on any atom is -0.454 e. The van der Waals surface area contributed by atoms with E-state index < -0.39 is 0 Å². The number of fused-ring (bicyclic) bond motifs is 1. The zero-order valence-corrected chi connectivity index (χ0v) is 9.27. The summed E-state index contributed by atoms with van der Waals surface area (Å²) in [6.07, 6.45) is 0.265. The fraction of sp³-hybridized carbons (Fsp3) is 0.300. The molecule has 0 spiro atoms. The molecule has 0 N–H and O–H groups in total. The zero-order valence-electron chi connectivity index (χ0n) is 7.76. The van der Waals surface area contributed by atoms with Crippen molar-refractivity contribution in [2.75, 3.05) is 12.7 Å². The summed E-state index contributed by atoms with van der Waals surface area (Å²) in [6, 6.07) is 3.19. The number of alkyl halides is 1. The van der Waals surface area contributed by atoms with Gasteiger partial charge in [-0.1, -0.05) is 11.6 Å². The van der Waals surface area contributed by atoms with Crippen LogP contribution in [0.3, 0.4) is 0 Å². The normalized spacial score (nSPS) is 12.9. The molecule has 80 valence electrons. The Balaban J connectivity index is 2.36. The SMILES string of the molecule is O=C(CCCl)c1cc2c(cc1Cl)OCO2. The van der Waals surface area contributed by atoms with Gasteiger partial charge in [0, 0.05) is 23.9 Å². The lowest BCUT2D eigenvalue weighted by Gasteiger charge is -2.03. The smallest absolute Gasteiger partial charge is 0.231 e. The highest BCUT2D eigenvalue weighted by Gasteiger charge is 2.19. The number of hydrogen-bond donors (Lipinski definition) is 0. The molecule has 1 aliphatic heterocycles. The van der Waals surface area contributed by atoms with Gasteiger partial charge in [-0.25, -0.2) is 0 Å². The molecule has 0 fully saturated rings. The van der Waals surface area contributed by atoms with Crippen molar-refractivity contribution in [2.24, 2.45) is 0 Å². The maximum atomic E-state index is 11.6. The Labute approximate surface area is 96.9 Å². The van der Waals surface area contributed by atoms with Crippen LogP contribution in [-0.4, -0.2) is 18.5 Å². The molecule has 1 aromatic rings. The van der Waals surface area contributed by atoms with Crippen LogP contribution in [0.5, 0.6) is 11.5 Å². The summed E-state index contributed by atoms with van der Waals surface area (Å²) in [7, 11) is 0. The predicted octanol–water partition coefficient (Wildman–Crippen LogP) is 2.88. The molecule has 3 nitrogen and oxygen atoms in total. The van der Waals surface area contributed by atoms with E-state index in [1.54, 1.807) is 12.1 Å². The second kappa shape index (κ2) is 4.29. The van der Waals surface area contributed by atoms with Crippen molar-refractivity contribution in [2.45, 2.75) is 6.42 Å². The summed E-state index contributed by atoms with van der Waals surface area (Å²) in [5.74, 6) is 1.32. The molecular weight excluding hydrogens is 239 g/mol. The third-order valence-electron chi connectivity index (χ3n) is 2.08. The Morgan fingerprint density at radius 3 is 2.67 bits per heavy atom. The number of carbonyl (C=O) groups excluding carboxylic acids is 1. The van der Waals surface area contributed by atoms with Crippen molar-refractivity contribution < 1.29 is 14.3 Å². The minimum atomic E-state index is -0.0895. The van der Waals surface area contributed by atoms with E-state index in [4.69, 9.17) is 32.7 Å². The van der Waals surface area contributed by atoms with Gasteiger partial charge in [-0.2, -0.15) is 0 Å². The van der Waals surface area contributed by atoms with Crippen molar-refractivity contribution in [3.63, 3.8) is 0 Å². The number of hydrogen-bond acceptors (Lipinski definition) is 3. The summed E-state index contributed by atoms with van der Waals surface area (Å²) in [5, 5.41) is 0.370. The average molecular weight is 247 g/mol. The van der Waals surface area contributed by atoms with Gasteiger partial charge in [0.15, 0.2) is 17.3 Å². The van der Waals surface area contributed by atoms with E-state index >= 15 is 0 Å². The quantitative estimate of drug-likeness (QED) is 0.608. The van der Waals surface area contributed by atoms with Crippen LogP contribution in [0, 0.1) is 0 Å². The molecule has 0 radical (unpaired) electrons. The highest BCUT2D eigenvalue weighted by atomic mass is 35.5. The van der Waals surface area contributed by atoms with Crippen LogP contribution in [0.4, 0.5) is 0 Å². The second-order valence-corrected chi connectivity index (χ2v) is 3.83. The van der Waals surface area contributed by atoms with Crippen molar-refractivity contribution in [1.82, 2.24) is 0 Å². The molecule has 1 heterocycles. The van der Waals surface area contributed by atoms with Gasteiger partial charge in [-0.15, -0.1) is 11.6 Å². The summed E-state index contributed by atoms with van der Waals surface area (Å²) >= 11 is 11.4. The molecule has 0 unspecified atom stereocenters. The number of Topliss-reactive ketones (excluding diaryl/α,β-unsaturated/α-hetero) is 1. The lowest BCUT2D eigenvalue weighted by Crippen LogP contribution is -2.00. The molecule has 0 amide bonds. The summed E-state index contributed by atoms with van der Waals surface area (Å²) in [5.41, 5.74) is 0.432. The third kappa shape index (κ3) is 2.03. The molecule has 5 heteroatoms. The summed E-state index contributed by atoms with van der Waals surface area (Å²) < 4.78 is 10.3. The Bertz CT molecular complexity index is 404. The van der Waals surface area contributed by atoms with Crippen molar-refractivity contribution in [3.8, 4) is 11.5 Å². The zero-order chi connectivity index (χ0) is 10.8. The van der Waals surface area contributed by atoms with E-state index in [0.29, 0.717) is 22.1 Å².